The highest BCUT2D eigenvalue weighted by molar-refractivity contribution is 7.90. The largest absolute Gasteiger partial charge is 0.494 e. The molecular weight excluding hydrogens is 510 g/mol. The Morgan fingerprint density at radius 3 is 2.38 bits per heavy atom. The van der Waals surface area contributed by atoms with Gasteiger partial charge in [-0.1, -0.05) is 49.2 Å². The maximum absolute atomic E-state index is 14.1. The Bertz CT molecular complexity index is 1490. The molecule has 0 saturated heterocycles. The number of benzene rings is 3. The van der Waals surface area contributed by atoms with E-state index in [9.17, 15) is 13.2 Å². The fourth-order valence-electron chi connectivity index (χ4n) is 5.64. The van der Waals surface area contributed by atoms with Gasteiger partial charge in [-0.15, -0.1) is 0 Å². The topological polar surface area (TPSA) is 102 Å². The third kappa shape index (κ3) is 5.40. The van der Waals surface area contributed by atoms with Crippen LogP contribution in [0.3, 0.4) is 0 Å². The second-order valence-corrected chi connectivity index (χ2v) is 12.2. The molecule has 1 heterocycles. The lowest BCUT2D eigenvalue weighted by molar-refractivity contribution is -0.131. The fourth-order valence-corrected chi connectivity index (χ4v) is 6.73. The standard InChI is InChI=1S/C31H39N3O4S/c1-7-10-23-13-14-24(17-28(23)32)39(36,37)33-30(35)31(6)27-11-9-12-29(38-8-2)26(27)19-34(31)18-25-21(4)15-20(3)16-22(25)5/h9,11-17H,7-8,10,18-19,32H2,1-6H3,(H,33,35). The zero-order chi connectivity index (χ0) is 28.5. The minimum absolute atomic E-state index is 0.0325. The molecule has 1 unspecified atom stereocenters. The SMILES string of the molecule is CCCc1ccc(S(=O)(=O)NC(=O)C2(C)c3cccc(OCC)c3CN2Cc2c(C)cc(C)cc2C)cc1N. The molecule has 4 rings (SSSR count). The third-order valence-corrected chi connectivity index (χ3v) is 9.07. The van der Waals surface area contributed by atoms with Gasteiger partial charge in [0.15, 0.2) is 0 Å². The number of hydrogen-bond acceptors (Lipinski definition) is 6. The van der Waals surface area contributed by atoms with Crippen molar-refractivity contribution in [1.82, 2.24) is 9.62 Å². The van der Waals surface area contributed by atoms with E-state index < -0.39 is 21.5 Å². The molecule has 0 radical (unpaired) electrons. The second-order valence-electron chi connectivity index (χ2n) is 10.6. The van der Waals surface area contributed by atoms with Gasteiger partial charge >= 0.3 is 0 Å². The number of nitrogens with two attached hydrogens (primary N) is 1. The van der Waals surface area contributed by atoms with Gasteiger partial charge in [0.1, 0.15) is 11.3 Å². The normalized spacial score (nSPS) is 17.2. The van der Waals surface area contributed by atoms with E-state index in [2.05, 4.69) is 37.6 Å². The quantitative estimate of drug-likeness (QED) is 0.352. The Morgan fingerprint density at radius 1 is 1.08 bits per heavy atom. The Morgan fingerprint density at radius 2 is 1.77 bits per heavy atom. The van der Waals surface area contributed by atoms with Crippen molar-refractivity contribution in [1.29, 1.82) is 0 Å². The van der Waals surface area contributed by atoms with Gasteiger partial charge in [-0.3, -0.25) is 9.69 Å². The molecule has 208 valence electrons. The monoisotopic (exact) mass is 549 g/mol. The molecule has 39 heavy (non-hydrogen) atoms. The lowest BCUT2D eigenvalue weighted by atomic mass is 9.89. The molecule has 0 spiro atoms. The van der Waals surface area contributed by atoms with Crippen LogP contribution in [0.25, 0.3) is 0 Å². The number of amides is 1. The van der Waals surface area contributed by atoms with Gasteiger partial charge in [0.2, 0.25) is 0 Å². The summed E-state index contributed by atoms with van der Waals surface area (Å²) in [5, 5.41) is 0. The molecule has 1 atom stereocenters. The van der Waals surface area contributed by atoms with Crippen LogP contribution in [0.4, 0.5) is 5.69 Å². The minimum atomic E-state index is -4.17. The first-order valence-corrected chi connectivity index (χ1v) is 14.9. The van der Waals surface area contributed by atoms with E-state index in [0.29, 0.717) is 31.1 Å². The van der Waals surface area contributed by atoms with Crippen LogP contribution in [0.5, 0.6) is 5.75 Å². The van der Waals surface area contributed by atoms with Crippen LogP contribution >= 0.6 is 0 Å². The van der Waals surface area contributed by atoms with E-state index in [1.54, 1.807) is 13.0 Å². The lowest BCUT2D eigenvalue weighted by Gasteiger charge is -2.35. The van der Waals surface area contributed by atoms with Gasteiger partial charge < -0.3 is 10.5 Å². The van der Waals surface area contributed by atoms with Crippen LogP contribution in [0.1, 0.15) is 66.1 Å². The van der Waals surface area contributed by atoms with Crippen molar-refractivity contribution in [3.8, 4) is 5.75 Å². The summed E-state index contributed by atoms with van der Waals surface area (Å²) in [4.78, 5) is 16.1. The molecule has 0 bridgehead atoms. The summed E-state index contributed by atoms with van der Waals surface area (Å²) >= 11 is 0. The molecule has 0 saturated carbocycles. The first kappa shape index (κ1) is 28.6. The summed E-state index contributed by atoms with van der Waals surface area (Å²) in [6, 6.07) is 14.5. The van der Waals surface area contributed by atoms with E-state index in [-0.39, 0.29) is 4.90 Å². The van der Waals surface area contributed by atoms with Crippen molar-refractivity contribution in [3.63, 3.8) is 0 Å². The van der Waals surface area contributed by atoms with Crippen molar-refractivity contribution >= 4 is 21.6 Å². The number of anilines is 1. The lowest BCUT2D eigenvalue weighted by Crippen LogP contribution is -2.52. The molecule has 3 aromatic rings. The van der Waals surface area contributed by atoms with Crippen LogP contribution in [0.2, 0.25) is 0 Å². The summed E-state index contributed by atoms with van der Waals surface area (Å²) in [5.74, 6) is 0.0875. The number of fused-ring (bicyclic) bond motifs is 1. The molecule has 0 fully saturated rings. The van der Waals surface area contributed by atoms with E-state index in [1.165, 1.54) is 17.7 Å². The summed E-state index contributed by atoms with van der Waals surface area (Å²) in [6.07, 6.45) is 1.65. The fraction of sp³-hybridized carbons (Fsp3) is 0.387. The number of sulfonamides is 1. The van der Waals surface area contributed by atoms with Gasteiger partial charge in [0.05, 0.1) is 11.5 Å². The zero-order valence-corrected chi connectivity index (χ0v) is 24.5. The number of nitrogens with zero attached hydrogens (tertiary/aromatic N) is 1. The molecule has 1 amide bonds. The van der Waals surface area contributed by atoms with Gasteiger partial charge in [-0.05, 0) is 87.1 Å². The highest BCUT2D eigenvalue weighted by Crippen LogP contribution is 2.44. The maximum atomic E-state index is 14.1. The summed E-state index contributed by atoms with van der Waals surface area (Å²) in [6.45, 7) is 13.3. The Hall–Kier alpha value is -3.36. The van der Waals surface area contributed by atoms with Crippen LogP contribution in [-0.4, -0.2) is 25.8 Å². The predicted molar refractivity (Wildman–Crippen MR) is 155 cm³/mol. The predicted octanol–water partition coefficient (Wildman–Crippen LogP) is 5.28. The first-order valence-electron chi connectivity index (χ1n) is 13.4. The number of hydrogen-bond donors (Lipinski definition) is 2. The number of aryl methyl sites for hydroxylation is 4. The average Bonchev–Trinajstić information content (AvgIpc) is 3.16. The van der Waals surface area contributed by atoms with E-state index in [0.717, 1.165) is 46.2 Å². The third-order valence-electron chi connectivity index (χ3n) is 7.74. The smallest absolute Gasteiger partial charge is 0.264 e. The summed E-state index contributed by atoms with van der Waals surface area (Å²) in [5.41, 5.74) is 12.4. The molecule has 0 aromatic heterocycles. The Labute approximate surface area is 232 Å². The van der Waals surface area contributed by atoms with Gasteiger partial charge in [-0.25, -0.2) is 13.1 Å². The van der Waals surface area contributed by atoms with Gasteiger partial charge in [-0.2, -0.15) is 0 Å². The first-order chi connectivity index (χ1) is 18.4. The van der Waals surface area contributed by atoms with Crippen LogP contribution in [0.15, 0.2) is 53.4 Å². The van der Waals surface area contributed by atoms with Crippen molar-refractivity contribution < 1.29 is 17.9 Å². The van der Waals surface area contributed by atoms with Gasteiger partial charge in [0.25, 0.3) is 15.9 Å². The Balaban J connectivity index is 1.75. The minimum Gasteiger partial charge on any atom is -0.494 e. The van der Waals surface area contributed by atoms with Gasteiger partial charge in [0, 0.05) is 24.3 Å². The number of rotatable bonds is 9. The van der Waals surface area contributed by atoms with Crippen LogP contribution in [-0.2, 0) is 39.9 Å². The molecule has 7 nitrogen and oxygen atoms in total. The van der Waals surface area contributed by atoms with Crippen molar-refractivity contribution in [2.45, 2.75) is 77.9 Å². The summed E-state index contributed by atoms with van der Waals surface area (Å²) < 4.78 is 35.1. The van der Waals surface area contributed by atoms with Crippen LogP contribution in [0, 0.1) is 20.8 Å². The molecule has 3 aromatic carbocycles. The number of nitrogen functional groups attached to an aromatic ring is 1. The maximum Gasteiger partial charge on any atom is 0.264 e. The number of ether oxygens (including phenoxy) is 1. The average molecular weight is 550 g/mol. The molecule has 1 aliphatic heterocycles. The number of carbonyl (C=O) groups excluding carboxylic acids is 1. The van der Waals surface area contributed by atoms with Crippen molar-refractivity contribution in [2.24, 2.45) is 0 Å². The Kier molecular flexibility index (Phi) is 8.09. The zero-order valence-electron chi connectivity index (χ0n) is 23.7. The molecule has 8 heteroatoms. The molecule has 3 N–H and O–H groups in total. The van der Waals surface area contributed by atoms with Crippen molar-refractivity contribution in [2.75, 3.05) is 12.3 Å². The molecule has 1 aliphatic rings. The molecular formula is C31H39N3O4S. The van der Waals surface area contributed by atoms with Crippen molar-refractivity contribution in [3.05, 3.63) is 87.5 Å². The summed E-state index contributed by atoms with van der Waals surface area (Å²) in [7, 11) is -4.17. The van der Waals surface area contributed by atoms with E-state index in [4.69, 9.17) is 10.5 Å². The highest BCUT2D eigenvalue weighted by atomic mass is 32.2. The van der Waals surface area contributed by atoms with E-state index in [1.807, 2.05) is 36.9 Å². The van der Waals surface area contributed by atoms with Crippen LogP contribution < -0.4 is 15.2 Å². The van der Waals surface area contributed by atoms with E-state index >= 15 is 0 Å². The number of nitrogens with one attached hydrogen (secondary N) is 1. The second kappa shape index (κ2) is 11.0. The molecule has 0 aliphatic carbocycles. The highest BCUT2D eigenvalue weighted by Gasteiger charge is 2.49. The number of carbonyl (C=O) groups is 1.